The number of benzene rings is 2. The van der Waals surface area contributed by atoms with Crippen molar-refractivity contribution < 1.29 is 33.2 Å². The van der Waals surface area contributed by atoms with Gasteiger partial charge in [-0.2, -0.15) is 0 Å². The summed E-state index contributed by atoms with van der Waals surface area (Å²) in [6.45, 7) is 2.45. The van der Waals surface area contributed by atoms with Crippen molar-refractivity contribution in [1.82, 2.24) is 4.98 Å². The number of hydrogen-bond acceptors (Lipinski definition) is 9. The number of esters is 1. The summed E-state index contributed by atoms with van der Waals surface area (Å²) in [6.07, 6.45) is 1.76. The summed E-state index contributed by atoms with van der Waals surface area (Å²) in [5.41, 5.74) is 3.83. The highest BCUT2D eigenvalue weighted by Gasteiger charge is 2.53. The number of aromatic nitrogens is 1. The van der Waals surface area contributed by atoms with Crippen LogP contribution in [0.25, 0.3) is 0 Å². The Morgan fingerprint density at radius 1 is 0.946 bits per heavy atom. The largest absolute Gasteiger partial charge is 0.493 e. The van der Waals surface area contributed by atoms with E-state index in [1.807, 2.05) is 43.3 Å². The molecule has 0 amide bonds. The summed E-state index contributed by atoms with van der Waals surface area (Å²) in [5.74, 6) is 2.45. The highest BCUT2D eigenvalue weighted by atomic mass is 16.7. The number of cyclic esters (lactones) is 1. The Morgan fingerprint density at radius 3 is 2.30 bits per heavy atom. The molecule has 9 nitrogen and oxygen atoms in total. The second kappa shape index (κ2) is 9.06. The first-order valence-corrected chi connectivity index (χ1v) is 12.1. The molecule has 0 spiro atoms. The first-order valence-electron chi connectivity index (χ1n) is 12.1. The van der Waals surface area contributed by atoms with E-state index < -0.39 is 5.92 Å². The van der Waals surface area contributed by atoms with Gasteiger partial charge in [-0.05, 0) is 59.5 Å². The minimum absolute atomic E-state index is 0.147. The van der Waals surface area contributed by atoms with Crippen LogP contribution in [0, 0.1) is 18.8 Å². The molecule has 2 aliphatic heterocycles. The predicted molar refractivity (Wildman–Crippen MR) is 134 cm³/mol. The van der Waals surface area contributed by atoms with Crippen molar-refractivity contribution >= 4 is 11.8 Å². The molecule has 6 rings (SSSR count). The van der Waals surface area contributed by atoms with Crippen molar-refractivity contribution in [1.29, 1.82) is 0 Å². The van der Waals surface area contributed by atoms with Gasteiger partial charge in [-0.1, -0.05) is 6.07 Å². The number of nitrogens with zero attached hydrogens (tertiary/aromatic N) is 1. The van der Waals surface area contributed by atoms with Gasteiger partial charge in [0.2, 0.25) is 12.5 Å². The molecule has 0 radical (unpaired) electrons. The third-order valence-corrected chi connectivity index (χ3v) is 7.53. The maximum Gasteiger partial charge on any atom is 0.310 e. The molecule has 1 fully saturated rings. The summed E-state index contributed by atoms with van der Waals surface area (Å²) in [5, 5.41) is 3.61. The monoisotopic (exact) mass is 504 g/mol. The van der Waals surface area contributed by atoms with E-state index in [0.29, 0.717) is 35.4 Å². The van der Waals surface area contributed by atoms with Crippen LogP contribution in [-0.4, -0.2) is 45.7 Å². The van der Waals surface area contributed by atoms with Gasteiger partial charge in [-0.15, -0.1) is 0 Å². The lowest BCUT2D eigenvalue weighted by Gasteiger charge is -2.40. The number of ether oxygens (including phenoxy) is 6. The lowest BCUT2D eigenvalue weighted by molar-refractivity contribution is -0.141. The zero-order chi connectivity index (χ0) is 25.7. The predicted octanol–water partition coefficient (Wildman–Crippen LogP) is 4.23. The smallest absolute Gasteiger partial charge is 0.310 e. The van der Waals surface area contributed by atoms with Crippen LogP contribution in [0.5, 0.6) is 28.7 Å². The fourth-order valence-corrected chi connectivity index (χ4v) is 5.81. The van der Waals surface area contributed by atoms with Gasteiger partial charge in [-0.3, -0.25) is 4.79 Å². The number of pyridine rings is 1. The van der Waals surface area contributed by atoms with Crippen LogP contribution < -0.4 is 29.0 Å². The molecule has 4 atom stereocenters. The molecule has 0 unspecified atom stereocenters. The number of hydrogen-bond donors (Lipinski definition) is 1. The lowest BCUT2D eigenvalue weighted by atomic mass is 9.65. The van der Waals surface area contributed by atoms with Gasteiger partial charge in [0.25, 0.3) is 0 Å². The highest BCUT2D eigenvalue weighted by molar-refractivity contribution is 5.79. The number of aryl methyl sites for hydroxylation is 1. The van der Waals surface area contributed by atoms with Crippen LogP contribution in [0.15, 0.2) is 42.6 Å². The minimum atomic E-state index is -0.447. The Morgan fingerprint density at radius 2 is 1.65 bits per heavy atom. The van der Waals surface area contributed by atoms with Gasteiger partial charge in [0.15, 0.2) is 23.0 Å². The van der Waals surface area contributed by atoms with Gasteiger partial charge in [0.1, 0.15) is 5.82 Å². The average Bonchev–Trinajstić information content (AvgIpc) is 3.54. The molecule has 3 heterocycles. The van der Waals surface area contributed by atoms with Crippen molar-refractivity contribution in [2.45, 2.75) is 18.9 Å². The standard InChI is InChI=1S/C28H28N2O7/c1-14-6-5-7-29-27(14)30-25-17-11-20-19(36-13-37-20)10-16(17)23(24-18(25)12-35-28(24)31)15-8-21(32-2)26(34-4)22(9-15)33-3/h5-11,18,23-25H,12-13H2,1-4H3,(H,29,30)/t18-,23+,24-,25+/m0/s1. The fourth-order valence-electron chi connectivity index (χ4n) is 5.81. The van der Waals surface area contributed by atoms with E-state index in [9.17, 15) is 4.79 Å². The molecule has 2 aromatic carbocycles. The van der Waals surface area contributed by atoms with Gasteiger partial charge in [0.05, 0.1) is 39.9 Å². The SMILES string of the molecule is COc1cc([C@@H]2c3cc4c(cc3[C@@H](Nc3ncccc3C)[C@H]3COC(=O)[C@H]23)OCO4)cc(OC)c1OC. The molecule has 3 aliphatic rings. The quantitative estimate of drug-likeness (QED) is 0.495. The molecule has 1 aliphatic carbocycles. The van der Waals surface area contributed by atoms with Gasteiger partial charge >= 0.3 is 5.97 Å². The van der Waals surface area contributed by atoms with E-state index in [2.05, 4.69) is 10.3 Å². The van der Waals surface area contributed by atoms with Crippen LogP contribution in [0.2, 0.25) is 0 Å². The van der Waals surface area contributed by atoms with Gasteiger partial charge in [-0.25, -0.2) is 4.98 Å². The maximum absolute atomic E-state index is 13.3. The van der Waals surface area contributed by atoms with Crippen LogP contribution >= 0.6 is 0 Å². The first-order chi connectivity index (χ1) is 18.0. The summed E-state index contributed by atoms with van der Waals surface area (Å²) >= 11 is 0. The van der Waals surface area contributed by atoms with E-state index in [1.54, 1.807) is 27.5 Å². The van der Waals surface area contributed by atoms with E-state index in [1.165, 1.54) is 0 Å². The number of carbonyl (C=O) groups is 1. The van der Waals surface area contributed by atoms with Crippen LogP contribution in [-0.2, 0) is 9.53 Å². The molecule has 1 aromatic heterocycles. The van der Waals surface area contributed by atoms with Crippen molar-refractivity contribution in [2.75, 3.05) is 40.0 Å². The Labute approximate surface area is 214 Å². The molecule has 192 valence electrons. The summed E-state index contributed by atoms with van der Waals surface area (Å²) in [7, 11) is 4.72. The number of fused-ring (bicyclic) bond motifs is 3. The zero-order valence-electron chi connectivity index (χ0n) is 21.1. The van der Waals surface area contributed by atoms with E-state index in [4.69, 9.17) is 28.4 Å². The Bertz CT molecular complexity index is 1350. The number of rotatable bonds is 6. The average molecular weight is 505 g/mol. The second-order valence-corrected chi connectivity index (χ2v) is 9.38. The molecule has 0 bridgehead atoms. The second-order valence-electron chi connectivity index (χ2n) is 9.38. The third kappa shape index (κ3) is 3.68. The Balaban J connectivity index is 1.56. The van der Waals surface area contributed by atoms with Crippen molar-refractivity contribution in [2.24, 2.45) is 11.8 Å². The number of anilines is 1. The summed E-state index contributed by atoms with van der Waals surface area (Å²) in [4.78, 5) is 17.9. The lowest BCUT2D eigenvalue weighted by Crippen LogP contribution is -2.38. The maximum atomic E-state index is 13.3. The van der Waals surface area contributed by atoms with Crippen molar-refractivity contribution in [3.8, 4) is 28.7 Å². The Kier molecular flexibility index (Phi) is 5.70. The molecule has 3 aromatic rings. The van der Waals surface area contributed by atoms with Gasteiger partial charge < -0.3 is 33.7 Å². The molecule has 1 N–H and O–H groups in total. The Hall–Kier alpha value is -4.14. The molecular weight excluding hydrogens is 476 g/mol. The molecule has 1 saturated heterocycles. The molecule has 37 heavy (non-hydrogen) atoms. The van der Waals surface area contributed by atoms with Crippen LogP contribution in [0.3, 0.4) is 0 Å². The summed E-state index contributed by atoms with van der Waals surface area (Å²) in [6, 6.07) is 11.5. The van der Waals surface area contributed by atoms with Crippen molar-refractivity contribution in [3.05, 3.63) is 64.8 Å². The number of carbonyl (C=O) groups excluding carboxylic acids is 1. The highest BCUT2D eigenvalue weighted by Crippen LogP contribution is 2.56. The molecular formula is C28H28N2O7. The van der Waals surface area contributed by atoms with Crippen LogP contribution in [0.1, 0.15) is 34.2 Å². The molecule has 0 saturated carbocycles. The number of nitrogens with one attached hydrogen (secondary N) is 1. The number of methoxy groups -OCH3 is 3. The first kappa shape index (κ1) is 23.3. The van der Waals surface area contributed by atoms with E-state index >= 15 is 0 Å². The van der Waals surface area contributed by atoms with E-state index in [-0.39, 0.29) is 30.6 Å². The molecule has 9 heteroatoms. The zero-order valence-corrected chi connectivity index (χ0v) is 21.1. The van der Waals surface area contributed by atoms with Gasteiger partial charge in [0, 0.05) is 18.0 Å². The summed E-state index contributed by atoms with van der Waals surface area (Å²) < 4.78 is 34.0. The normalized spacial score (nSPS) is 23.1. The van der Waals surface area contributed by atoms with Crippen LogP contribution in [0.4, 0.5) is 5.82 Å². The topological polar surface area (TPSA) is 97.4 Å². The third-order valence-electron chi connectivity index (χ3n) is 7.53. The fraction of sp³-hybridized carbons (Fsp3) is 0.357. The van der Waals surface area contributed by atoms with Crippen molar-refractivity contribution in [3.63, 3.8) is 0 Å². The van der Waals surface area contributed by atoms with E-state index in [0.717, 1.165) is 28.1 Å². The minimum Gasteiger partial charge on any atom is -0.493 e.